The van der Waals surface area contributed by atoms with Crippen LogP contribution in [0.2, 0.25) is 0 Å². The molecule has 0 spiro atoms. The first kappa shape index (κ1) is 22.2. The van der Waals surface area contributed by atoms with Crippen LogP contribution >= 0.6 is 0 Å². The number of guanidine groups is 1. The molecule has 1 amide bonds. The summed E-state index contributed by atoms with van der Waals surface area (Å²) >= 11 is 0. The maximum atomic E-state index is 12.3. The third kappa shape index (κ3) is 6.53. The zero-order valence-corrected chi connectivity index (χ0v) is 18.0. The highest BCUT2D eigenvalue weighted by Gasteiger charge is 2.28. The van der Waals surface area contributed by atoms with E-state index in [2.05, 4.69) is 39.9 Å². The number of amides is 1. The van der Waals surface area contributed by atoms with E-state index in [0.717, 1.165) is 55.9 Å². The average Bonchev–Trinajstić information content (AvgIpc) is 3.14. The third-order valence-electron chi connectivity index (χ3n) is 5.45. The molecule has 1 aliphatic rings. The monoisotopic (exact) mass is 391 g/mol. The minimum Gasteiger partial charge on any atom is -0.359 e. The van der Waals surface area contributed by atoms with Crippen molar-refractivity contribution in [1.82, 2.24) is 21.1 Å². The van der Waals surface area contributed by atoms with Crippen molar-refractivity contribution in [1.29, 1.82) is 0 Å². The van der Waals surface area contributed by atoms with E-state index >= 15 is 0 Å². The first-order valence-electron chi connectivity index (χ1n) is 10.7. The molecule has 1 aromatic heterocycles. The molecule has 0 radical (unpaired) electrons. The molecule has 0 saturated heterocycles. The Morgan fingerprint density at radius 3 is 2.71 bits per heavy atom. The molecule has 0 aliphatic heterocycles. The summed E-state index contributed by atoms with van der Waals surface area (Å²) in [5.41, 5.74) is 1.02. The molecular weight excluding hydrogens is 354 g/mol. The van der Waals surface area contributed by atoms with Gasteiger partial charge in [-0.25, -0.2) is 0 Å². The largest absolute Gasteiger partial charge is 0.359 e. The van der Waals surface area contributed by atoms with E-state index in [0.29, 0.717) is 12.5 Å². The molecule has 0 aromatic carbocycles. The Bertz CT molecular complexity index is 636. The number of rotatable bonds is 8. The molecule has 1 saturated carbocycles. The summed E-state index contributed by atoms with van der Waals surface area (Å²) in [5.74, 6) is 2.23. The second-order valence-corrected chi connectivity index (χ2v) is 8.03. The highest BCUT2D eigenvalue weighted by atomic mass is 16.5. The molecule has 28 heavy (non-hydrogen) atoms. The molecule has 2 atom stereocenters. The van der Waals surface area contributed by atoms with E-state index in [1.165, 1.54) is 0 Å². The quantitative estimate of drug-likeness (QED) is 0.467. The van der Waals surface area contributed by atoms with Crippen LogP contribution < -0.4 is 16.0 Å². The van der Waals surface area contributed by atoms with Gasteiger partial charge >= 0.3 is 0 Å². The Morgan fingerprint density at radius 1 is 1.32 bits per heavy atom. The smallest absolute Gasteiger partial charge is 0.223 e. The van der Waals surface area contributed by atoms with Gasteiger partial charge in [-0.3, -0.25) is 9.79 Å². The van der Waals surface area contributed by atoms with E-state index in [-0.39, 0.29) is 23.9 Å². The molecule has 7 nitrogen and oxygen atoms in total. The van der Waals surface area contributed by atoms with Crippen LogP contribution in [0.15, 0.2) is 15.6 Å². The van der Waals surface area contributed by atoms with Crippen LogP contribution in [-0.2, 0) is 11.3 Å². The van der Waals surface area contributed by atoms with E-state index in [1.807, 2.05) is 19.9 Å². The molecule has 2 unspecified atom stereocenters. The average molecular weight is 392 g/mol. The van der Waals surface area contributed by atoms with Crippen LogP contribution in [0.25, 0.3) is 0 Å². The molecule has 1 aliphatic carbocycles. The second kappa shape index (κ2) is 11.1. The van der Waals surface area contributed by atoms with Gasteiger partial charge in [-0.15, -0.1) is 0 Å². The summed E-state index contributed by atoms with van der Waals surface area (Å²) in [6.45, 7) is 8.88. The van der Waals surface area contributed by atoms with Crippen LogP contribution in [-0.4, -0.2) is 36.2 Å². The summed E-state index contributed by atoms with van der Waals surface area (Å²) in [6.07, 6.45) is 6.01. The Hall–Kier alpha value is -2.05. The lowest BCUT2D eigenvalue weighted by Crippen LogP contribution is -2.47. The second-order valence-electron chi connectivity index (χ2n) is 8.03. The fraction of sp³-hybridized carbons (Fsp3) is 0.762. The molecule has 1 fully saturated rings. The van der Waals surface area contributed by atoms with Gasteiger partial charge in [0.2, 0.25) is 5.91 Å². The van der Waals surface area contributed by atoms with Crippen molar-refractivity contribution >= 4 is 11.9 Å². The van der Waals surface area contributed by atoms with Crippen molar-refractivity contribution < 1.29 is 9.32 Å². The Morgan fingerprint density at radius 2 is 2.07 bits per heavy atom. The maximum Gasteiger partial charge on any atom is 0.223 e. The molecule has 0 bridgehead atoms. The Labute approximate surface area is 169 Å². The van der Waals surface area contributed by atoms with Crippen molar-refractivity contribution in [2.24, 2.45) is 10.9 Å². The molecule has 1 heterocycles. The van der Waals surface area contributed by atoms with Crippen molar-refractivity contribution in [3.05, 3.63) is 17.5 Å². The standard InChI is InChI=1S/C21H37N5O2/c1-6-15(7-2)19-12-18(28-26-19)13-23-21(22-5)25-17-10-8-9-16(11-17)20(27)24-14(3)4/h12,14-17H,6-11,13H2,1-5H3,(H,24,27)(H2,22,23,25). The fourth-order valence-corrected chi connectivity index (χ4v) is 3.83. The summed E-state index contributed by atoms with van der Waals surface area (Å²) in [7, 11) is 1.76. The topological polar surface area (TPSA) is 91.5 Å². The molecule has 7 heteroatoms. The first-order chi connectivity index (χ1) is 13.5. The molecule has 3 N–H and O–H groups in total. The van der Waals surface area contributed by atoms with Gasteiger partial charge in [-0.05, 0) is 46.0 Å². The summed E-state index contributed by atoms with van der Waals surface area (Å²) in [5, 5.41) is 14.0. The lowest BCUT2D eigenvalue weighted by atomic mass is 9.85. The first-order valence-corrected chi connectivity index (χ1v) is 10.7. The van der Waals surface area contributed by atoms with Gasteiger partial charge in [0.1, 0.15) is 0 Å². The van der Waals surface area contributed by atoms with Gasteiger partial charge in [-0.1, -0.05) is 25.4 Å². The van der Waals surface area contributed by atoms with Gasteiger partial charge in [-0.2, -0.15) is 0 Å². The third-order valence-corrected chi connectivity index (χ3v) is 5.45. The predicted molar refractivity (Wildman–Crippen MR) is 112 cm³/mol. The van der Waals surface area contributed by atoms with Gasteiger partial charge in [0, 0.05) is 37.0 Å². The van der Waals surface area contributed by atoms with Gasteiger partial charge in [0.05, 0.1) is 12.2 Å². The number of hydrogen-bond donors (Lipinski definition) is 3. The van der Waals surface area contributed by atoms with Crippen LogP contribution in [0.1, 0.15) is 83.6 Å². The number of nitrogens with one attached hydrogen (secondary N) is 3. The fourth-order valence-electron chi connectivity index (χ4n) is 3.83. The molecule has 158 valence electrons. The molecule has 2 rings (SSSR count). The number of aromatic nitrogens is 1. The molecular formula is C21H37N5O2. The Balaban J connectivity index is 1.84. The summed E-state index contributed by atoms with van der Waals surface area (Å²) in [6, 6.07) is 2.46. The summed E-state index contributed by atoms with van der Waals surface area (Å²) in [4.78, 5) is 16.6. The number of hydrogen-bond acceptors (Lipinski definition) is 4. The van der Waals surface area contributed by atoms with Crippen LogP contribution in [0, 0.1) is 5.92 Å². The zero-order valence-electron chi connectivity index (χ0n) is 18.0. The van der Waals surface area contributed by atoms with Crippen LogP contribution in [0.5, 0.6) is 0 Å². The minimum absolute atomic E-state index is 0.0728. The highest BCUT2D eigenvalue weighted by molar-refractivity contribution is 5.81. The number of carbonyl (C=O) groups excluding carboxylic acids is 1. The van der Waals surface area contributed by atoms with Crippen LogP contribution in [0.4, 0.5) is 0 Å². The van der Waals surface area contributed by atoms with E-state index in [4.69, 9.17) is 4.52 Å². The zero-order chi connectivity index (χ0) is 20.5. The number of aliphatic imine (C=N–C) groups is 1. The highest BCUT2D eigenvalue weighted by Crippen LogP contribution is 2.25. The number of nitrogens with zero attached hydrogens (tertiary/aromatic N) is 2. The van der Waals surface area contributed by atoms with E-state index < -0.39 is 0 Å². The maximum absolute atomic E-state index is 12.3. The minimum atomic E-state index is 0.0728. The van der Waals surface area contributed by atoms with E-state index in [9.17, 15) is 4.79 Å². The predicted octanol–water partition coefficient (Wildman–Crippen LogP) is 3.33. The lowest BCUT2D eigenvalue weighted by molar-refractivity contribution is -0.126. The van der Waals surface area contributed by atoms with Crippen molar-refractivity contribution in [3.8, 4) is 0 Å². The van der Waals surface area contributed by atoms with E-state index in [1.54, 1.807) is 7.05 Å². The van der Waals surface area contributed by atoms with Crippen molar-refractivity contribution in [2.75, 3.05) is 7.05 Å². The Kier molecular flexibility index (Phi) is 8.80. The SMILES string of the molecule is CCC(CC)c1cc(CNC(=NC)NC2CCCC(C(=O)NC(C)C)C2)on1. The lowest BCUT2D eigenvalue weighted by Gasteiger charge is -2.30. The van der Waals surface area contributed by atoms with Crippen molar-refractivity contribution in [3.63, 3.8) is 0 Å². The van der Waals surface area contributed by atoms with Gasteiger partial charge in [0.15, 0.2) is 11.7 Å². The van der Waals surface area contributed by atoms with Gasteiger partial charge < -0.3 is 20.5 Å². The summed E-state index contributed by atoms with van der Waals surface area (Å²) < 4.78 is 5.47. The van der Waals surface area contributed by atoms with Crippen LogP contribution in [0.3, 0.4) is 0 Å². The van der Waals surface area contributed by atoms with Crippen molar-refractivity contribution in [2.45, 2.75) is 90.8 Å². The normalized spacial score (nSPS) is 20.5. The van der Waals surface area contributed by atoms with Gasteiger partial charge in [0.25, 0.3) is 0 Å². The number of carbonyl (C=O) groups is 1. The molecule has 1 aromatic rings.